The van der Waals surface area contributed by atoms with Crippen LogP contribution in [-0.2, 0) is 11.2 Å². The van der Waals surface area contributed by atoms with Gasteiger partial charge in [0.25, 0.3) is 0 Å². The maximum absolute atomic E-state index is 12.2. The first-order valence-corrected chi connectivity index (χ1v) is 9.08. The molecule has 0 saturated carbocycles. The van der Waals surface area contributed by atoms with Gasteiger partial charge in [0.1, 0.15) is 29.4 Å². The van der Waals surface area contributed by atoms with Crippen molar-refractivity contribution in [2.45, 2.75) is 32.6 Å². The molecular formula is C20H23N3O3. The van der Waals surface area contributed by atoms with Crippen molar-refractivity contribution in [3.05, 3.63) is 47.4 Å². The smallest absolute Gasteiger partial charge is 0.315 e. The number of carboxylic acids is 1. The standard InChI is InChI=1S/C20H23N3O3/c1-3-6-14-9-18(22-13(2)21-14)23-10-16-15-7-4-5-8-17(15)26-12-20(16,11-23)19(24)25/h4-5,7-9,16H,3,6,10-12H2,1-2H3,(H,24,25)/t16-,20-/m1/s1. The second-order valence-corrected chi connectivity index (χ2v) is 7.24. The van der Waals surface area contributed by atoms with Crippen LogP contribution in [0, 0.1) is 12.3 Å². The van der Waals surface area contributed by atoms with E-state index >= 15 is 0 Å². The fourth-order valence-corrected chi connectivity index (χ4v) is 4.17. The number of hydrogen-bond acceptors (Lipinski definition) is 5. The van der Waals surface area contributed by atoms with E-state index in [9.17, 15) is 9.90 Å². The van der Waals surface area contributed by atoms with E-state index in [1.54, 1.807) is 0 Å². The number of ether oxygens (including phenoxy) is 1. The summed E-state index contributed by atoms with van der Waals surface area (Å²) in [5.41, 5.74) is 1.03. The van der Waals surface area contributed by atoms with E-state index in [0.29, 0.717) is 13.1 Å². The average Bonchev–Trinajstić information content (AvgIpc) is 3.03. The van der Waals surface area contributed by atoms with Crippen LogP contribution in [0.15, 0.2) is 30.3 Å². The zero-order chi connectivity index (χ0) is 18.3. The van der Waals surface area contributed by atoms with E-state index in [1.165, 1.54) is 0 Å². The molecule has 136 valence electrons. The van der Waals surface area contributed by atoms with Gasteiger partial charge >= 0.3 is 5.97 Å². The van der Waals surface area contributed by atoms with E-state index in [4.69, 9.17) is 4.74 Å². The van der Waals surface area contributed by atoms with Gasteiger partial charge < -0.3 is 14.7 Å². The summed E-state index contributed by atoms with van der Waals surface area (Å²) in [6, 6.07) is 9.75. The summed E-state index contributed by atoms with van der Waals surface area (Å²) >= 11 is 0. The Labute approximate surface area is 152 Å². The van der Waals surface area contributed by atoms with Crippen LogP contribution in [0.4, 0.5) is 5.82 Å². The average molecular weight is 353 g/mol. The largest absolute Gasteiger partial charge is 0.492 e. The van der Waals surface area contributed by atoms with Crippen molar-refractivity contribution in [2.24, 2.45) is 5.41 Å². The SMILES string of the molecule is CCCc1cc(N2C[C@@H]3c4ccccc4OC[C@]3(C(=O)O)C2)nc(C)n1. The van der Waals surface area contributed by atoms with Gasteiger partial charge in [-0.15, -0.1) is 0 Å². The first-order chi connectivity index (χ1) is 12.5. The van der Waals surface area contributed by atoms with Crippen LogP contribution in [0.5, 0.6) is 5.75 Å². The molecule has 1 aromatic heterocycles. The zero-order valence-corrected chi connectivity index (χ0v) is 15.1. The van der Waals surface area contributed by atoms with Crippen molar-refractivity contribution in [1.29, 1.82) is 0 Å². The number of carbonyl (C=O) groups is 1. The highest BCUT2D eigenvalue weighted by Crippen LogP contribution is 2.50. The molecule has 1 saturated heterocycles. The Kier molecular flexibility index (Phi) is 4.05. The number of para-hydroxylation sites is 1. The third-order valence-electron chi connectivity index (χ3n) is 5.46. The Morgan fingerprint density at radius 1 is 1.38 bits per heavy atom. The number of benzene rings is 1. The lowest BCUT2D eigenvalue weighted by Gasteiger charge is -2.35. The summed E-state index contributed by atoms with van der Waals surface area (Å²) in [5.74, 6) is 1.41. The van der Waals surface area contributed by atoms with Crippen molar-refractivity contribution in [1.82, 2.24) is 9.97 Å². The molecular weight excluding hydrogens is 330 g/mol. The third kappa shape index (κ3) is 2.60. The van der Waals surface area contributed by atoms with Gasteiger partial charge in [-0.25, -0.2) is 9.97 Å². The quantitative estimate of drug-likeness (QED) is 0.911. The van der Waals surface area contributed by atoms with Crippen LogP contribution in [-0.4, -0.2) is 40.7 Å². The second-order valence-electron chi connectivity index (χ2n) is 7.24. The number of aliphatic carboxylic acids is 1. The van der Waals surface area contributed by atoms with Gasteiger partial charge in [-0.3, -0.25) is 4.79 Å². The highest BCUT2D eigenvalue weighted by Gasteiger charge is 2.56. The summed E-state index contributed by atoms with van der Waals surface area (Å²) in [5, 5.41) is 10.0. The Hall–Kier alpha value is -2.63. The van der Waals surface area contributed by atoms with E-state index in [-0.39, 0.29) is 12.5 Å². The Bertz CT molecular complexity index is 854. The first-order valence-electron chi connectivity index (χ1n) is 9.08. The van der Waals surface area contributed by atoms with Crippen molar-refractivity contribution >= 4 is 11.8 Å². The van der Waals surface area contributed by atoms with Gasteiger partial charge in [0.05, 0.1) is 0 Å². The van der Waals surface area contributed by atoms with Gasteiger partial charge in [0.15, 0.2) is 0 Å². The van der Waals surface area contributed by atoms with Crippen molar-refractivity contribution in [2.75, 3.05) is 24.6 Å². The fourth-order valence-electron chi connectivity index (χ4n) is 4.17. The molecule has 26 heavy (non-hydrogen) atoms. The predicted molar refractivity (Wildman–Crippen MR) is 97.7 cm³/mol. The number of carboxylic acid groups (broad SMARTS) is 1. The normalized spacial score (nSPS) is 23.9. The summed E-state index contributed by atoms with van der Waals surface area (Å²) < 4.78 is 5.83. The molecule has 2 aromatic rings. The van der Waals surface area contributed by atoms with E-state index < -0.39 is 11.4 Å². The van der Waals surface area contributed by atoms with Crippen LogP contribution in [0.2, 0.25) is 0 Å². The molecule has 0 radical (unpaired) electrons. The minimum atomic E-state index is -0.946. The van der Waals surface area contributed by atoms with Crippen LogP contribution in [0.25, 0.3) is 0 Å². The highest BCUT2D eigenvalue weighted by molar-refractivity contribution is 5.80. The molecule has 6 nitrogen and oxygen atoms in total. The predicted octanol–water partition coefficient (Wildman–Crippen LogP) is 2.80. The lowest BCUT2D eigenvalue weighted by molar-refractivity contribution is -0.151. The fraction of sp³-hybridized carbons (Fsp3) is 0.450. The number of rotatable bonds is 4. The lowest BCUT2D eigenvalue weighted by atomic mass is 9.73. The topological polar surface area (TPSA) is 75.5 Å². The molecule has 0 unspecified atom stereocenters. The van der Waals surface area contributed by atoms with Crippen LogP contribution < -0.4 is 9.64 Å². The number of hydrogen-bond donors (Lipinski definition) is 1. The molecule has 0 bridgehead atoms. The molecule has 1 aromatic carbocycles. The molecule has 2 aliphatic rings. The van der Waals surface area contributed by atoms with Crippen LogP contribution in [0.3, 0.4) is 0 Å². The summed E-state index contributed by atoms with van der Waals surface area (Å²) in [6.07, 6.45) is 1.91. The molecule has 1 fully saturated rings. The van der Waals surface area contributed by atoms with Crippen molar-refractivity contribution in [3.8, 4) is 5.75 Å². The monoisotopic (exact) mass is 353 g/mol. The van der Waals surface area contributed by atoms with Crippen molar-refractivity contribution in [3.63, 3.8) is 0 Å². The Morgan fingerprint density at radius 2 is 2.19 bits per heavy atom. The molecule has 4 rings (SSSR count). The lowest BCUT2D eigenvalue weighted by Crippen LogP contribution is -2.45. The number of nitrogens with zero attached hydrogens (tertiary/aromatic N) is 3. The number of fused-ring (bicyclic) bond motifs is 3. The first kappa shape index (κ1) is 16.8. The summed E-state index contributed by atoms with van der Waals surface area (Å²) in [4.78, 5) is 23.4. The molecule has 1 N–H and O–H groups in total. The molecule has 0 spiro atoms. The molecule has 0 amide bonds. The van der Waals surface area contributed by atoms with Gasteiger partial charge in [-0.05, 0) is 19.4 Å². The maximum atomic E-state index is 12.2. The molecule has 2 atom stereocenters. The van der Waals surface area contributed by atoms with E-state index in [1.807, 2.05) is 37.3 Å². The molecule has 3 heterocycles. The van der Waals surface area contributed by atoms with Gasteiger partial charge in [-0.2, -0.15) is 0 Å². The van der Waals surface area contributed by atoms with E-state index in [0.717, 1.165) is 41.5 Å². The number of aromatic nitrogens is 2. The maximum Gasteiger partial charge on any atom is 0.315 e. The molecule has 6 heteroatoms. The summed E-state index contributed by atoms with van der Waals surface area (Å²) in [6.45, 7) is 5.21. The summed E-state index contributed by atoms with van der Waals surface area (Å²) in [7, 11) is 0. The highest BCUT2D eigenvalue weighted by atomic mass is 16.5. The third-order valence-corrected chi connectivity index (χ3v) is 5.46. The van der Waals surface area contributed by atoms with Gasteiger partial charge in [-0.1, -0.05) is 31.5 Å². The number of anilines is 1. The van der Waals surface area contributed by atoms with Crippen LogP contribution >= 0.6 is 0 Å². The Balaban J connectivity index is 1.74. The molecule has 0 aliphatic carbocycles. The van der Waals surface area contributed by atoms with Crippen LogP contribution in [0.1, 0.15) is 36.3 Å². The van der Waals surface area contributed by atoms with Gasteiger partial charge in [0, 0.05) is 36.3 Å². The Morgan fingerprint density at radius 3 is 2.96 bits per heavy atom. The van der Waals surface area contributed by atoms with E-state index in [2.05, 4.69) is 21.8 Å². The van der Waals surface area contributed by atoms with Gasteiger partial charge in [0.2, 0.25) is 0 Å². The van der Waals surface area contributed by atoms with Crippen molar-refractivity contribution < 1.29 is 14.6 Å². The second kappa shape index (κ2) is 6.27. The molecule has 2 aliphatic heterocycles. The minimum Gasteiger partial charge on any atom is -0.492 e. The zero-order valence-electron chi connectivity index (χ0n) is 15.1. The number of aryl methyl sites for hydroxylation is 2. The minimum absolute atomic E-state index is 0.116.